The SMILES string of the molecule is COC(=O)[C@H](NC(=O)c1ccc2c(ccn2C)c1)C(C)C. The molecule has 112 valence electrons. The molecule has 1 atom stereocenters. The van der Waals surface area contributed by atoms with E-state index in [2.05, 4.69) is 5.32 Å². The van der Waals surface area contributed by atoms with Gasteiger partial charge in [0.15, 0.2) is 0 Å². The Morgan fingerprint density at radius 3 is 2.57 bits per heavy atom. The molecular weight excluding hydrogens is 268 g/mol. The van der Waals surface area contributed by atoms with Gasteiger partial charge in [0, 0.05) is 29.7 Å². The van der Waals surface area contributed by atoms with E-state index < -0.39 is 12.0 Å². The van der Waals surface area contributed by atoms with Crippen LogP contribution < -0.4 is 5.32 Å². The highest BCUT2D eigenvalue weighted by Gasteiger charge is 2.25. The van der Waals surface area contributed by atoms with Crippen molar-refractivity contribution >= 4 is 22.8 Å². The number of nitrogens with zero attached hydrogens (tertiary/aromatic N) is 1. The van der Waals surface area contributed by atoms with E-state index in [1.165, 1.54) is 7.11 Å². The highest BCUT2D eigenvalue weighted by atomic mass is 16.5. The maximum atomic E-state index is 12.3. The monoisotopic (exact) mass is 288 g/mol. The van der Waals surface area contributed by atoms with Crippen LogP contribution in [-0.2, 0) is 16.6 Å². The van der Waals surface area contributed by atoms with Crippen LogP contribution in [0.5, 0.6) is 0 Å². The van der Waals surface area contributed by atoms with Crippen molar-refractivity contribution in [2.75, 3.05) is 7.11 Å². The molecule has 1 amide bonds. The summed E-state index contributed by atoms with van der Waals surface area (Å²) in [5.74, 6) is -0.745. The summed E-state index contributed by atoms with van der Waals surface area (Å²) in [5.41, 5.74) is 1.59. The van der Waals surface area contributed by atoms with E-state index in [1.807, 2.05) is 49.9 Å². The average Bonchev–Trinajstić information content (AvgIpc) is 2.84. The number of methoxy groups -OCH3 is 1. The smallest absolute Gasteiger partial charge is 0.328 e. The number of esters is 1. The van der Waals surface area contributed by atoms with Crippen LogP contribution in [0, 0.1) is 5.92 Å². The van der Waals surface area contributed by atoms with Gasteiger partial charge in [-0.2, -0.15) is 0 Å². The molecule has 0 fully saturated rings. The first-order valence-electron chi connectivity index (χ1n) is 6.88. The number of amides is 1. The fourth-order valence-corrected chi connectivity index (χ4v) is 2.27. The lowest BCUT2D eigenvalue weighted by Gasteiger charge is -2.19. The molecule has 21 heavy (non-hydrogen) atoms. The molecule has 0 spiro atoms. The van der Waals surface area contributed by atoms with Crippen molar-refractivity contribution in [1.29, 1.82) is 0 Å². The topological polar surface area (TPSA) is 60.3 Å². The minimum atomic E-state index is -0.644. The van der Waals surface area contributed by atoms with Gasteiger partial charge in [-0.15, -0.1) is 0 Å². The summed E-state index contributed by atoms with van der Waals surface area (Å²) in [5, 5.41) is 3.72. The quantitative estimate of drug-likeness (QED) is 0.877. The fraction of sp³-hybridized carbons (Fsp3) is 0.375. The lowest BCUT2D eigenvalue weighted by molar-refractivity contribution is -0.144. The second-order valence-electron chi connectivity index (χ2n) is 5.42. The molecule has 5 nitrogen and oxygen atoms in total. The minimum Gasteiger partial charge on any atom is -0.467 e. The van der Waals surface area contributed by atoms with E-state index in [0.29, 0.717) is 5.56 Å². The fourth-order valence-electron chi connectivity index (χ4n) is 2.27. The molecule has 0 aliphatic carbocycles. The van der Waals surface area contributed by atoms with Gasteiger partial charge >= 0.3 is 5.97 Å². The highest BCUT2D eigenvalue weighted by Crippen LogP contribution is 2.17. The summed E-state index contributed by atoms with van der Waals surface area (Å²) in [7, 11) is 3.27. The van der Waals surface area contributed by atoms with Gasteiger partial charge in [0.2, 0.25) is 0 Å². The Morgan fingerprint density at radius 2 is 1.95 bits per heavy atom. The second-order valence-corrected chi connectivity index (χ2v) is 5.42. The zero-order chi connectivity index (χ0) is 15.6. The molecule has 1 N–H and O–H groups in total. The predicted octanol–water partition coefficient (Wildman–Crippen LogP) is 2.11. The summed E-state index contributed by atoms with van der Waals surface area (Å²) in [6, 6.07) is 6.78. The van der Waals surface area contributed by atoms with Crippen LogP contribution in [0.25, 0.3) is 10.9 Å². The van der Waals surface area contributed by atoms with Crippen molar-refractivity contribution in [2.45, 2.75) is 19.9 Å². The molecule has 0 saturated heterocycles. The molecular formula is C16H20N2O3. The number of rotatable bonds is 4. The standard InChI is InChI=1S/C16H20N2O3/c1-10(2)14(16(20)21-4)17-15(19)12-5-6-13-11(9-12)7-8-18(13)3/h5-10,14H,1-4H3,(H,17,19)/t14-/m1/s1. The number of fused-ring (bicyclic) bond motifs is 1. The molecule has 5 heteroatoms. The lowest BCUT2D eigenvalue weighted by atomic mass is 10.0. The first-order chi connectivity index (χ1) is 9.93. The van der Waals surface area contributed by atoms with Crippen molar-refractivity contribution in [3.05, 3.63) is 36.0 Å². The number of aryl methyl sites for hydroxylation is 1. The van der Waals surface area contributed by atoms with Crippen molar-refractivity contribution in [3.63, 3.8) is 0 Å². The molecule has 0 aliphatic heterocycles. The third-order valence-electron chi connectivity index (χ3n) is 3.56. The Labute approximate surface area is 123 Å². The van der Waals surface area contributed by atoms with Gasteiger partial charge in [-0.3, -0.25) is 4.79 Å². The van der Waals surface area contributed by atoms with E-state index in [9.17, 15) is 9.59 Å². The van der Waals surface area contributed by atoms with Gasteiger partial charge in [-0.25, -0.2) is 4.79 Å². The third-order valence-corrected chi connectivity index (χ3v) is 3.56. The Hall–Kier alpha value is -2.30. The van der Waals surface area contributed by atoms with Gasteiger partial charge < -0.3 is 14.6 Å². The molecule has 1 heterocycles. The predicted molar refractivity (Wildman–Crippen MR) is 81.0 cm³/mol. The number of nitrogens with one attached hydrogen (secondary N) is 1. The van der Waals surface area contributed by atoms with Crippen LogP contribution >= 0.6 is 0 Å². The van der Waals surface area contributed by atoms with Crippen molar-refractivity contribution in [1.82, 2.24) is 9.88 Å². The van der Waals surface area contributed by atoms with Crippen LogP contribution in [0.4, 0.5) is 0 Å². The Morgan fingerprint density at radius 1 is 1.24 bits per heavy atom. The Balaban J connectivity index is 2.23. The van der Waals surface area contributed by atoms with E-state index in [0.717, 1.165) is 10.9 Å². The van der Waals surface area contributed by atoms with Crippen LogP contribution in [-0.4, -0.2) is 29.6 Å². The van der Waals surface area contributed by atoms with Gasteiger partial charge in [0.05, 0.1) is 7.11 Å². The Kier molecular flexibility index (Phi) is 4.31. The lowest BCUT2D eigenvalue weighted by Crippen LogP contribution is -2.45. The molecule has 0 radical (unpaired) electrons. The molecule has 1 aromatic carbocycles. The first kappa shape index (κ1) is 15.1. The maximum Gasteiger partial charge on any atom is 0.328 e. The van der Waals surface area contributed by atoms with Crippen LogP contribution in [0.3, 0.4) is 0 Å². The van der Waals surface area contributed by atoms with E-state index >= 15 is 0 Å². The summed E-state index contributed by atoms with van der Waals surface area (Å²) in [6.45, 7) is 3.73. The molecule has 1 aromatic heterocycles. The zero-order valence-electron chi connectivity index (χ0n) is 12.7. The van der Waals surface area contributed by atoms with Crippen LogP contribution in [0.15, 0.2) is 30.5 Å². The Bertz CT molecular complexity index is 673. The van der Waals surface area contributed by atoms with E-state index in [4.69, 9.17) is 4.74 Å². The van der Waals surface area contributed by atoms with Gasteiger partial charge in [0.1, 0.15) is 6.04 Å². The average molecular weight is 288 g/mol. The number of benzene rings is 1. The van der Waals surface area contributed by atoms with E-state index in [-0.39, 0.29) is 11.8 Å². The van der Waals surface area contributed by atoms with Crippen molar-refractivity contribution in [2.24, 2.45) is 13.0 Å². The van der Waals surface area contributed by atoms with E-state index in [1.54, 1.807) is 6.07 Å². The summed E-state index contributed by atoms with van der Waals surface area (Å²) >= 11 is 0. The normalized spacial score (nSPS) is 12.4. The minimum absolute atomic E-state index is 0.0399. The number of hydrogen-bond acceptors (Lipinski definition) is 3. The van der Waals surface area contributed by atoms with Gasteiger partial charge in [-0.05, 0) is 30.2 Å². The largest absolute Gasteiger partial charge is 0.467 e. The molecule has 0 bridgehead atoms. The van der Waals surface area contributed by atoms with Crippen molar-refractivity contribution in [3.8, 4) is 0 Å². The van der Waals surface area contributed by atoms with Crippen molar-refractivity contribution < 1.29 is 14.3 Å². The number of carbonyl (C=O) groups excluding carboxylic acids is 2. The zero-order valence-corrected chi connectivity index (χ0v) is 12.7. The van der Waals surface area contributed by atoms with Crippen LogP contribution in [0.1, 0.15) is 24.2 Å². The first-order valence-corrected chi connectivity index (χ1v) is 6.88. The van der Waals surface area contributed by atoms with Gasteiger partial charge in [-0.1, -0.05) is 13.8 Å². The summed E-state index contributed by atoms with van der Waals surface area (Å²) < 4.78 is 6.72. The molecule has 0 aliphatic rings. The van der Waals surface area contributed by atoms with Crippen LogP contribution in [0.2, 0.25) is 0 Å². The number of hydrogen-bond donors (Lipinski definition) is 1. The number of carbonyl (C=O) groups is 2. The third kappa shape index (κ3) is 3.07. The number of aromatic nitrogens is 1. The molecule has 2 aromatic rings. The summed E-state index contributed by atoms with van der Waals surface area (Å²) in [6.07, 6.45) is 1.94. The van der Waals surface area contributed by atoms with Gasteiger partial charge in [0.25, 0.3) is 5.91 Å². The maximum absolute atomic E-state index is 12.3. The second kappa shape index (κ2) is 5.99. The highest BCUT2D eigenvalue weighted by molar-refractivity contribution is 6.00. The molecule has 2 rings (SSSR count). The summed E-state index contributed by atoms with van der Waals surface area (Å²) in [4.78, 5) is 24.0. The molecule has 0 unspecified atom stereocenters. The number of ether oxygens (including phenoxy) is 1. The molecule has 0 saturated carbocycles.